The number of rotatable bonds is 5. The van der Waals surface area contributed by atoms with Crippen molar-refractivity contribution >= 4 is 21.8 Å². The Morgan fingerprint density at radius 1 is 1.32 bits per heavy atom. The zero-order chi connectivity index (χ0) is 14.6. The molecule has 19 heavy (non-hydrogen) atoms. The molecule has 0 aromatic heterocycles. The number of hydrogen-bond donors (Lipinski definition) is 1. The Bertz CT molecular complexity index is 458. The fourth-order valence-electron chi connectivity index (χ4n) is 1.45. The monoisotopic (exact) mass is 329 g/mol. The lowest BCUT2D eigenvalue weighted by molar-refractivity contribution is 0.0910. The quantitative estimate of drug-likeness (QED) is 0.845. The first-order chi connectivity index (χ1) is 8.81. The number of ether oxygens (including phenoxy) is 2. The van der Waals surface area contributed by atoms with Crippen molar-refractivity contribution in [2.75, 3.05) is 14.2 Å². The van der Waals surface area contributed by atoms with E-state index >= 15 is 0 Å². The van der Waals surface area contributed by atoms with Gasteiger partial charge in [-0.15, -0.1) is 0 Å². The molecule has 1 amide bonds. The van der Waals surface area contributed by atoms with E-state index in [0.717, 1.165) is 0 Å². The molecule has 0 radical (unpaired) electrons. The summed E-state index contributed by atoms with van der Waals surface area (Å²) < 4.78 is 10.4. The zero-order valence-electron chi connectivity index (χ0n) is 11.9. The van der Waals surface area contributed by atoms with Gasteiger partial charge in [0.05, 0.1) is 19.8 Å². The molecule has 1 aromatic rings. The average Bonchev–Trinajstić information content (AvgIpc) is 2.37. The van der Waals surface area contributed by atoms with Gasteiger partial charge in [0, 0.05) is 10.4 Å². The molecule has 0 aliphatic carbocycles. The molecule has 1 aromatic carbocycles. The number of alkyl halides is 1. The van der Waals surface area contributed by atoms with E-state index in [1.54, 1.807) is 25.3 Å². The second-order valence-corrected chi connectivity index (χ2v) is 6.23. The van der Waals surface area contributed by atoms with E-state index in [1.807, 2.05) is 20.8 Å². The predicted octanol–water partition coefficient (Wildman–Crippen LogP) is 3.00. The molecular formula is C14H20BrNO3. The lowest BCUT2D eigenvalue weighted by Gasteiger charge is -2.29. The van der Waals surface area contributed by atoms with Crippen LogP contribution in [0.3, 0.4) is 0 Å². The van der Waals surface area contributed by atoms with E-state index in [1.165, 1.54) is 7.11 Å². The Hall–Kier alpha value is -1.23. The highest BCUT2D eigenvalue weighted by atomic mass is 79.9. The average molecular weight is 330 g/mol. The summed E-state index contributed by atoms with van der Waals surface area (Å²) in [6.07, 6.45) is 0. The van der Waals surface area contributed by atoms with Gasteiger partial charge in [-0.2, -0.15) is 0 Å². The van der Waals surface area contributed by atoms with E-state index < -0.39 is 0 Å². The van der Waals surface area contributed by atoms with Gasteiger partial charge in [0.1, 0.15) is 11.5 Å². The molecule has 0 fully saturated rings. The van der Waals surface area contributed by atoms with Crippen molar-refractivity contribution in [3.63, 3.8) is 0 Å². The third-order valence-corrected chi connectivity index (χ3v) is 4.23. The summed E-state index contributed by atoms with van der Waals surface area (Å²) in [4.78, 5) is 12.5. The van der Waals surface area contributed by atoms with Crippen LogP contribution < -0.4 is 14.8 Å². The van der Waals surface area contributed by atoms with Gasteiger partial charge in [-0.1, -0.05) is 22.9 Å². The fraction of sp³-hybridized carbons (Fsp3) is 0.500. The Morgan fingerprint density at radius 3 is 2.42 bits per heavy atom. The van der Waals surface area contributed by atoms with Gasteiger partial charge in [-0.05, 0) is 32.0 Å². The third kappa shape index (κ3) is 3.86. The van der Waals surface area contributed by atoms with Crippen LogP contribution in [0.5, 0.6) is 11.5 Å². The van der Waals surface area contributed by atoms with Crippen LogP contribution >= 0.6 is 15.9 Å². The molecule has 4 nitrogen and oxygen atoms in total. The highest BCUT2D eigenvalue weighted by molar-refractivity contribution is 9.09. The molecule has 0 heterocycles. The first kappa shape index (κ1) is 15.8. The third-order valence-electron chi connectivity index (χ3n) is 3.08. The molecule has 106 valence electrons. The summed E-state index contributed by atoms with van der Waals surface area (Å²) in [7, 11) is 3.10. The molecular weight excluding hydrogens is 310 g/mol. The van der Waals surface area contributed by atoms with Crippen molar-refractivity contribution in [1.82, 2.24) is 5.32 Å². The van der Waals surface area contributed by atoms with Crippen LogP contribution in [0.1, 0.15) is 31.1 Å². The molecule has 1 atom stereocenters. The van der Waals surface area contributed by atoms with Gasteiger partial charge in [0.25, 0.3) is 5.91 Å². The van der Waals surface area contributed by atoms with E-state index in [2.05, 4.69) is 21.2 Å². The molecule has 1 rings (SSSR count). The maximum absolute atomic E-state index is 12.3. The van der Waals surface area contributed by atoms with Crippen LogP contribution in [0.15, 0.2) is 18.2 Å². The number of carbonyl (C=O) groups is 1. The standard InChI is InChI=1S/C14H20BrNO3/c1-9(15)14(2,3)16-13(17)11-8-10(18-4)6-7-12(11)19-5/h6-9H,1-5H3,(H,16,17). The highest BCUT2D eigenvalue weighted by Gasteiger charge is 2.27. The van der Waals surface area contributed by atoms with Crippen molar-refractivity contribution in [1.29, 1.82) is 0 Å². The topological polar surface area (TPSA) is 47.6 Å². The molecule has 0 saturated heterocycles. The van der Waals surface area contributed by atoms with E-state index in [-0.39, 0.29) is 16.3 Å². The number of carbonyl (C=O) groups excluding carboxylic acids is 1. The molecule has 1 unspecified atom stereocenters. The second-order valence-electron chi connectivity index (χ2n) is 4.86. The van der Waals surface area contributed by atoms with Gasteiger partial charge in [-0.25, -0.2) is 0 Å². The first-order valence-corrected chi connectivity index (χ1v) is 6.92. The smallest absolute Gasteiger partial charge is 0.255 e. The summed E-state index contributed by atoms with van der Waals surface area (Å²) in [6.45, 7) is 5.90. The Morgan fingerprint density at radius 2 is 1.95 bits per heavy atom. The predicted molar refractivity (Wildman–Crippen MR) is 79.5 cm³/mol. The number of benzene rings is 1. The van der Waals surface area contributed by atoms with E-state index in [0.29, 0.717) is 17.1 Å². The Balaban J connectivity index is 3.04. The van der Waals surface area contributed by atoms with Crippen LogP contribution in [-0.2, 0) is 0 Å². The van der Waals surface area contributed by atoms with Gasteiger partial charge in [0.2, 0.25) is 0 Å². The maximum Gasteiger partial charge on any atom is 0.255 e. The van der Waals surface area contributed by atoms with Crippen molar-refractivity contribution in [2.24, 2.45) is 0 Å². The fourth-order valence-corrected chi connectivity index (χ4v) is 1.57. The van der Waals surface area contributed by atoms with E-state index in [4.69, 9.17) is 9.47 Å². The Labute approximate surface area is 122 Å². The number of hydrogen-bond acceptors (Lipinski definition) is 3. The van der Waals surface area contributed by atoms with Gasteiger partial charge >= 0.3 is 0 Å². The number of methoxy groups -OCH3 is 2. The van der Waals surface area contributed by atoms with Crippen LogP contribution in [0.2, 0.25) is 0 Å². The largest absolute Gasteiger partial charge is 0.497 e. The molecule has 0 saturated carbocycles. The number of halogens is 1. The van der Waals surface area contributed by atoms with Crippen LogP contribution in [0, 0.1) is 0 Å². The molecule has 1 N–H and O–H groups in total. The zero-order valence-corrected chi connectivity index (χ0v) is 13.5. The van der Waals surface area contributed by atoms with Crippen molar-refractivity contribution < 1.29 is 14.3 Å². The summed E-state index contributed by atoms with van der Waals surface area (Å²) in [6, 6.07) is 5.15. The molecule has 0 aliphatic heterocycles. The van der Waals surface area contributed by atoms with E-state index in [9.17, 15) is 4.79 Å². The Kier molecular flexibility index (Phi) is 5.23. The summed E-state index contributed by atoms with van der Waals surface area (Å²) in [5.74, 6) is 0.957. The SMILES string of the molecule is COc1ccc(OC)c(C(=O)NC(C)(C)C(C)Br)c1. The van der Waals surface area contributed by atoms with Gasteiger partial charge < -0.3 is 14.8 Å². The maximum atomic E-state index is 12.3. The lowest BCUT2D eigenvalue weighted by atomic mass is 10.0. The van der Waals surface area contributed by atoms with Crippen molar-refractivity contribution in [3.05, 3.63) is 23.8 Å². The number of nitrogens with one attached hydrogen (secondary N) is 1. The van der Waals surface area contributed by atoms with Gasteiger partial charge in [0.15, 0.2) is 0 Å². The van der Waals surface area contributed by atoms with Gasteiger partial charge in [-0.3, -0.25) is 4.79 Å². The lowest BCUT2D eigenvalue weighted by Crippen LogP contribution is -2.48. The van der Waals surface area contributed by atoms with Crippen molar-refractivity contribution in [3.8, 4) is 11.5 Å². The first-order valence-electron chi connectivity index (χ1n) is 6.00. The number of amides is 1. The minimum Gasteiger partial charge on any atom is -0.497 e. The van der Waals surface area contributed by atoms with Crippen LogP contribution in [0.25, 0.3) is 0 Å². The molecule has 5 heteroatoms. The minimum absolute atomic E-state index is 0.139. The second kappa shape index (κ2) is 6.28. The van der Waals surface area contributed by atoms with Crippen molar-refractivity contribution in [2.45, 2.75) is 31.1 Å². The normalized spacial score (nSPS) is 12.7. The highest BCUT2D eigenvalue weighted by Crippen LogP contribution is 2.25. The molecule has 0 bridgehead atoms. The summed E-state index contributed by atoms with van der Waals surface area (Å²) in [5.41, 5.74) is 0.0913. The minimum atomic E-state index is -0.370. The van der Waals surface area contributed by atoms with Crippen LogP contribution in [-0.4, -0.2) is 30.5 Å². The summed E-state index contributed by atoms with van der Waals surface area (Å²) in [5, 5.41) is 2.98. The molecule has 0 aliphatic rings. The van der Waals surface area contributed by atoms with Crippen LogP contribution in [0.4, 0.5) is 0 Å². The summed E-state index contributed by atoms with van der Waals surface area (Å²) >= 11 is 3.49. The molecule has 0 spiro atoms.